The second-order valence-electron chi connectivity index (χ2n) is 7.16. The first-order valence-corrected chi connectivity index (χ1v) is 9.24. The Balaban J connectivity index is 1.52. The molecule has 0 bridgehead atoms. The van der Waals surface area contributed by atoms with E-state index in [1.54, 1.807) is 7.11 Å². The number of para-hydroxylation sites is 1. The number of hydrogen-bond donors (Lipinski definition) is 0. The highest BCUT2D eigenvalue weighted by Gasteiger charge is 2.24. The summed E-state index contributed by atoms with van der Waals surface area (Å²) in [5, 5.41) is 1.18. The number of fused-ring (bicyclic) bond motifs is 1. The predicted molar refractivity (Wildman–Crippen MR) is 101 cm³/mol. The van der Waals surface area contributed by atoms with Gasteiger partial charge in [-0.3, -0.25) is 4.90 Å². The van der Waals surface area contributed by atoms with Gasteiger partial charge in [0.15, 0.2) is 0 Å². The molecule has 1 atom stereocenters. The summed E-state index contributed by atoms with van der Waals surface area (Å²) in [6, 6.07) is 8.41. The van der Waals surface area contributed by atoms with Crippen molar-refractivity contribution in [3.8, 4) is 5.75 Å². The number of benzene rings is 1. The first kappa shape index (κ1) is 16.6. The Morgan fingerprint density at radius 3 is 2.80 bits per heavy atom. The summed E-state index contributed by atoms with van der Waals surface area (Å²) >= 11 is 0. The van der Waals surface area contributed by atoms with Crippen LogP contribution in [-0.4, -0.2) is 62.9 Å². The van der Waals surface area contributed by atoms with Crippen molar-refractivity contribution in [3.63, 3.8) is 0 Å². The van der Waals surface area contributed by atoms with Crippen molar-refractivity contribution in [2.24, 2.45) is 5.92 Å². The molecule has 25 heavy (non-hydrogen) atoms. The van der Waals surface area contributed by atoms with Gasteiger partial charge in [0.1, 0.15) is 11.3 Å². The van der Waals surface area contributed by atoms with E-state index in [-0.39, 0.29) is 0 Å². The lowest BCUT2D eigenvalue weighted by atomic mass is 10.1. The fourth-order valence-electron chi connectivity index (χ4n) is 4.02. The quantitative estimate of drug-likeness (QED) is 0.855. The number of ether oxygens (including phenoxy) is 2. The molecule has 1 aromatic heterocycles. The molecule has 2 aliphatic rings. The standard InChI is InChI=1S/C20H27N3O2/c1-15-12-18(17-4-3-5-19(24-2)20(17)21-15)23-9-7-22(8-10-23)13-16-6-11-25-14-16/h3-5,12,16H,6-11,13-14H2,1-2H3. The van der Waals surface area contributed by atoms with Crippen LogP contribution in [0.2, 0.25) is 0 Å². The number of anilines is 1. The minimum atomic E-state index is 0.722. The summed E-state index contributed by atoms with van der Waals surface area (Å²) in [7, 11) is 1.71. The minimum Gasteiger partial charge on any atom is -0.494 e. The molecule has 0 N–H and O–H groups in total. The van der Waals surface area contributed by atoms with E-state index in [2.05, 4.69) is 34.9 Å². The predicted octanol–water partition coefficient (Wildman–Crippen LogP) is 2.71. The van der Waals surface area contributed by atoms with Gasteiger partial charge in [0, 0.05) is 56.1 Å². The molecule has 0 radical (unpaired) electrons. The van der Waals surface area contributed by atoms with Gasteiger partial charge in [-0.1, -0.05) is 12.1 Å². The third-order valence-corrected chi connectivity index (χ3v) is 5.38. The zero-order valence-electron chi connectivity index (χ0n) is 15.2. The molecule has 0 aliphatic carbocycles. The van der Waals surface area contributed by atoms with Gasteiger partial charge < -0.3 is 14.4 Å². The summed E-state index contributed by atoms with van der Waals surface area (Å²) in [4.78, 5) is 9.80. The van der Waals surface area contributed by atoms with Crippen molar-refractivity contribution < 1.29 is 9.47 Å². The Labute approximate surface area is 149 Å². The van der Waals surface area contributed by atoms with Gasteiger partial charge in [-0.15, -0.1) is 0 Å². The van der Waals surface area contributed by atoms with Crippen LogP contribution in [-0.2, 0) is 4.74 Å². The minimum absolute atomic E-state index is 0.722. The van der Waals surface area contributed by atoms with Crippen LogP contribution < -0.4 is 9.64 Å². The van der Waals surface area contributed by atoms with E-state index in [9.17, 15) is 0 Å². The van der Waals surface area contributed by atoms with Gasteiger partial charge in [0.05, 0.1) is 13.7 Å². The van der Waals surface area contributed by atoms with Crippen LogP contribution in [0, 0.1) is 12.8 Å². The topological polar surface area (TPSA) is 37.8 Å². The largest absolute Gasteiger partial charge is 0.494 e. The third-order valence-electron chi connectivity index (χ3n) is 5.38. The van der Waals surface area contributed by atoms with E-state index in [4.69, 9.17) is 14.5 Å². The molecule has 2 fully saturated rings. The molecular formula is C20H27N3O2. The first-order valence-electron chi connectivity index (χ1n) is 9.24. The van der Waals surface area contributed by atoms with Crippen molar-refractivity contribution in [2.75, 3.05) is 57.9 Å². The van der Waals surface area contributed by atoms with Crippen molar-refractivity contribution in [2.45, 2.75) is 13.3 Å². The molecule has 2 saturated heterocycles. The zero-order chi connectivity index (χ0) is 17.2. The molecule has 1 unspecified atom stereocenters. The van der Waals surface area contributed by atoms with Gasteiger partial charge in [-0.2, -0.15) is 0 Å². The van der Waals surface area contributed by atoms with Gasteiger partial charge in [0.25, 0.3) is 0 Å². The van der Waals surface area contributed by atoms with Crippen LogP contribution >= 0.6 is 0 Å². The summed E-state index contributed by atoms with van der Waals surface area (Å²) < 4.78 is 11.0. The second kappa shape index (κ2) is 7.18. The lowest BCUT2D eigenvalue weighted by molar-refractivity contribution is 0.164. The normalized spacial score (nSPS) is 21.8. The Morgan fingerprint density at radius 2 is 2.08 bits per heavy atom. The number of piperazine rings is 1. The molecular weight excluding hydrogens is 314 g/mol. The fraction of sp³-hybridized carbons (Fsp3) is 0.550. The molecule has 1 aromatic carbocycles. The lowest BCUT2D eigenvalue weighted by Gasteiger charge is -2.37. The van der Waals surface area contributed by atoms with E-state index in [0.717, 1.165) is 62.3 Å². The maximum Gasteiger partial charge on any atom is 0.145 e. The van der Waals surface area contributed by atoms with Crippen LogP contribution in [0.5, 0.6) is 5.75 Å². The van der Waals surface area contributed by atoms with Gasteiger partial charge in [-0.25, -0.2) is 4.98 Å². The molecule has 5 nitrogen and oxygen atoms in total. The van der Waals surface area contributed by atoms with Crippen LogP contribution in [0.3, 0.4) is 0 Å². The average molecular weight is 341 g/mol. The van der Waals surface area contributed by atoms with E-state index in [0.29, 0.717) is 0 Å². The highest BCUT2D eigenvalue weighted by Crippen LogP contribution is 2.32. The Kier molecular flexibility index (Phi) is 4.77. The maximum atomic E-state index is 5.52. The first-order chi connectivity index (χ1) is 12.2. The molecule has 0 amide bonds. The van der Waals surface area contributed by atoms with Crippen LogP contribution in [0.1, 0.15) is 12.1 Å². The fourth-order valence-corrected chi connectivity index (χ4v) is 4.02. The van der Waals surface area contributed by atoms with Crippen molar-refractivity contribution in [3.05, 3.63) is 30.0 Å². The monoisotopic (exact) mass is 341 g/mol. The molecule has 4 rings (SSSR count). The number of hydrogen-bond acceptors (Lipinski definition) is 5. The zero-order valence-corrected chi connectivity index (χ0v) is 15.2. The molecule has 0 saturated carbocycles. The Morgan fingerprint density at radius 1 is 1.24 bits per heavy atom. The number of rotatable bonds is 4. The highest BCUT2D eigenvalue weighted by molar-refractivity contribution is 5.95. The number of methoxy groups -OCH3 is 1. The van der Waals surface area contributed by atoms with Gasteiger partial charge in [-0.05, 0) is 31.4 Å². The van der Waals surface area contributed by atoms with E-state index < -0.39 is 0 Å². The number of aryl methyl sites for hydroxylation is 1. The Hall–Kier alpha value is -1.85. The summed E-state index contributed by atoms with van der Waals surface area (Å²) in [5.74, 6) is 1.57. The molecule has 134 valence electrons. The number of aromatic nitrogens is 1. The Bertz CT molecular complexity index is 735. The molecule has 0 spiro atoms. The van der Waals surface area contributed by atoms with Gasteiger partial charge in [0.2, 0.25) is 0 Å². The lowest BCUT2D eigenvalue weighted by Crippen LogP contribution is -2.48. The highest BCUT2D eigenvalue weighted by atomic mass is 16.5. The van der Waals surface area contributed by atoms with E-state index in [1.807, 2.05) is 6.07 Å². The third kappa shape index (κ3) is 3.44. The number of nitrogens with zero attached hydrogens (tertiary/aromatic N) is 3. The molecule has 5 heteroatoms. The van der Waals surface area contributed by atoms with Crippen LogP contribution in [0.15, 0.2) is 24.3 Å². The molecule has 2 aliphatic heterocycles. The maximum absolute atomic E-state index is 5.52. The van der Waals surface area contributed by atoms with Crippen LogP contribution in [0.4, 0.5) is 5.69 Å². The summed E-state index contributed by atoms with van der Waals surface area (Å²) in [6.45, 7) is 9.46. The van der Waals surface area contributed by atoms with Gasteiger partial charge >= 0.3 is 0 Å². The van der Waals surface area contributed by atoms with Crippen molar-refractivity contribution >= 4 is 16.6 Å². The average Bonchev–Trinajstić information content (AvgIpc) is 3.14. The van der Waals surface area contributed by atoms with E-state index in [1.165, 1.54) is 24.0 Å². The van der Waals surface area contributed by atoms with Crippen molar-refractivity contribution in [1.82, 2.24) is 9.88 Å². The summed E-state index contributed by atoms with van der Waals surface area (Å²) in [5.41, 5.74) is 3.29. The van der Waals surface area contributed by atoms with Crippen molar-refractivity contribution in [1.29, 1.82) is 0 Å². The summed E-state index contributed by atoms with van der Waals surface area (Å²) in [6.07, 6.45) is 1.22. The molecule has 3 heterocycles. The molecule has 2 aromatic rings. The van der Waals surface area contributed by atoms with E-state index >= 15 is 0 Å². The van der Waals surface area contributed by atoms with Crippen LogP contribution in [0.25, 0.3) is 10.9 Å². The smallest absolute Gasteiger partial charge is 0.145 e. The SMILES string of the molecule is COc1cccc2c(N3CCN(CC4CCOC4)CC3)cc(C)nc12. The number of pyridine rings is 1. The second-order valence-corrected chi connectivity index (χ2v) is 7.16.